The van der Waals surface area contributed by atoms with Crippen LogP contribution in [0.15, 0.2) is 34.9 Å². The highest BCUT2D eigenvalue weighted by Crippen LogP contribution is 2.26. The molecule has 1 aromatic carbocycles. The summed E-state index contributed by atoms with van der Waals surface area (Å²) in [6.07, 6.45) is 0. The highest BCUT2D eigenvalue weighted by Gasteiger charge is 2.16. The summed E-state index contributed by atoms with van der Waals surface area (Å²) < 4.78 is 10.1. The minimum atomic E-state index is -0.606. The third kappa shape index (κ3) is 2.90. The lowest BCUT2D eigenvalue weighted by Crippen LogP contribution is -2.30. The molecule has 1 amide bonds. The quantitative estimate of drug-likeness (QED) is 0.357. The van der Waals surface area contributed by atoms with Crippen LogP contribution in [-0.2, 0) is 6.61 Å². The van der Waals surface area contributed by atoms with Gasteiger partial charge in [0.15, 0.2) is 17.2 Å². The lowest BCUT2D eigenvalue weighted by Gasteiger charge is -2.03. The number of aromatic nitrogens is 1. The summed E-state index contributed by atoms with van der Waals surface area (Å²) >= 11 is 0. The van der Waals surface area contributed by atoms with Gasteiger partial charge in [0.1, 0.15) is 6.61 Å². The molecule has 2 aromatic rings. The topological polar surface area (TPSA) is 134 Å². The van der Waals surface area contributed by atoms with Crippen LogP contribution in [-0.4, -0.2) is 16.0 Å². The van der Waals surface area contributed by atoms with Gasteiger partial charge >= 0.3 is 5.69 Å². The Bertz CT molecular complexity index is 639. The first-order chi connectivity index (χ1) is 9.61. The third-order valence-electron chi connectivity index (χ3n) is 2.35. The number of nitrogen functional groups attached to an aromatic ring is 1. The highest BCUT2D eigenvalue weighted by atomic mass is 16.6. The summed E-state index contributed by atoms with van der Waals surface area (Å²) in [5, 5.41) is 14.3. The zero-order valence-electron chi connectivity index (χ0n) is 10.1. The maximum atomic E-state index is 11.2. The van der Waals surface area contributed by atoms with E-state index in [2.05, 4.69) is 5.16 Å². The van der Waals surface area contributed by atoms with E-state index in [1.807, 2.05) is 5.43 Å². The number of hydrogen-bond acceptors (Lipinski definition) is 7. The summed E-state index contributed by atoms with van der Waals surface area (Å²) in [5.74, 6) is 4.67. The minimum Gasteiger partial charge on any atom is -0.479 e. The average molecular weight is 278 g/mol. The summed E-state index contributed by atoms with van der Waals surface area (Å²) in [7, 11) is 0. The van der Waals surface area contributed by atoms with E-state index in [4.69, 9.17) is 15.1 Å². The van der Waals surface area contributed by atoms with Crippen LogP contribution in [0.25, 0.3) is 0 Å². The van der Waals surface area contributed by atoms with Gasteiger partial charge in [0, 0.05) is 12.1 Å². The summed E-state index contributed by atoms with van der Waals surface area (Å²) in [6.45, 7) is -0.101. The Kier molecular flexibility index (Phi) is 3.91. The standard InChI is InChI=1S/C11H10N4O5/c12-13-11(16)8-5-7(20-14-8)6-19-10-4-2-1-3-9(10)15(17)18/h1-5H,6,12H2,(H,13,16). The van der Waals surface area contributed by atoms with Crippen LogP contribution in [0, 0.1) is 10.1 Å². The van der Waals surface area contributed by atoms with Crippen LogP contribution in [0.5, 0.6) is 5.75 Å². The van der Waals surface area contributed by atoms with Crippen molar-refractivity contribution < 1.29 is 19.0 Å². The molecule has 0 radical (unpaired) electrons. The fraction of sp³-hybridized carbons (Fsp3) is 0.0909. The summed E-state index contributed by atoms with van der Waals surface area (Å²) in [4.78, 5) is 21.4. The van der Waals surface area contributed by atoms with Crippen LogP contribution in [0.1, 0.15) is 16.2 Å². The Balaban J connectivity index is 2.07. The van der Waals surface area contributed by atoms with Crippen molar-refractivity contribution in [2.75, 3.05) is 0 Å². The molecule has 3 N–H and O–H groups in total. The number of nitrogens with zero attached hydrogens (tertiary/aromatic N) is 2. The zero-order valence-corrected chi connectivity index (χ0v) is 10.1. The van der Waals surface area contributed by atoms with Gasteiger partial charge in [-0.3, -0.25) is 20.3 Å². The normalized spacial score (nSPS) is 10.1. The number of carbonyl (C=O) groups is 1. The van der Waals surface area contributed by atoms with Gasteiger partial charge in [0.25, 0.3) is 5.91 Å². The van der Waals surface area contributed by atoms with Crippen molar-refractivity contribution in [1.29, 1.82) is 0 Å². The third-order valence-corrected chi connectivity index (χ3v) is 2.35. The second-order valence-electron chi connectivity index (χ2n) is 3.67. The van der Waals surface area contributed by atoms with Gasteiger partial charge in [-0.05, 0) is 6.07 Å². The summed E-state index contributed by atoms with van der Waals surface area (Å²) in [6, 6.07) is 7.25. The zero-order chi connectivity index (χ0) is 14.5. The number of ether oxygens (including phenoxy) is 1. The fourth-order valence-electron chi connectivity index (χ4n) is 1.44. The van der Waals surface area contributed by atoms with E-state index in [0.29, 0.717) is 0 Å². The first kappa shape index (κ1) is 13.5. The Morgan fingerprint density at radius 3 is 2.95 bits per heavy atom. The number of hydrazine groups is 1. The van der Waals surface area contributed by atoms with E-state index in [-0.39, 0.29) is 29.5 Å². The molecule has 0 aliphatic heterocycles. The highest BCUT2D eigenvalue weighted by molar-refractivity contribution is 5.91. The minimum absolute atomic E-state index is 0.00587. The number of nitro benzene ring substituents is 1. The average Bonchev–Trinajstić information content (AvgIpc) is 2.93. The van der Waals surface area contributed by atoms with Crippen molar-refractivity contribution in [3.63, 3.8) is 0 Å². The molecule has 0 saturated carbocycles. The maximum absolute atomic E-state index is 11.2. The van der Waals surface area contributed by atoms with E-state index in [0.717, 1.165) is 0 Å². The number of carbonyl (C=O) groups excluding carboxylic acids is 1. The van der Waals surface area contributed by atoms with Crippen LogP contribution in [0.2, 0.25) is 0 Å². The Labute approximate surface area is 112 Å². The van der Waals surface area contributed by atoms with Gasteiger partial charge in [0.2, 0.25) is 0 Å². The van der Waals surface area contributed by atoms with Crippen molar-refractivity contribution in [3.8, 4) is 5.75 Å². The van der Waals surface area contributed by atoms with Crippen LogP contribution in [0.3, 0.4) is 0 Å². The lowest BCUT2D eigenvalue weighted by atomic mass is 10.3. The number of rotatable bonds is 5. The Hall–Kier alpha value is -2.94. The van der Waals surface area contributed by atoms with Crippen molar-refractivity contribution in [3.05, 3.63) is 51.9 Å². The second kappa shape index (κ2) is 5.80. The van der Waals surface area contributed by atoms with E-state index in [1.165, 1.54) is 24.3 Å². The molecule has 0 bridgehead atoms. The first-order valence-corrected chi connectivity index (χ1v) is 5.44. The van der Waals surface area contributed by atoms with Gasteiger partial charge < -0.3 is 9.26 Å². The van der Waals surface area contributed by atoms with Gasteiger partial charge in [-0.2, -0.15) is 0 Å². The first-order valence-electron chi connectivity index (χ1n) is 5.44. The molecule has 0 spiro atoms. The van der Waals surface area contributed by atoms with Crippen LogP contribution >= 0.6 is 0 Å². The number of nitro groups is 1. The van der Waals surface area contributed by atoms with Crippen molar-refractivity contribution >= 4 is 11.6 Å². The van der Waals surface area contributed by atoms with Crippen molar-refractivity contribution in [2.24, 2.45) is 5.84 Å². The molecule has 0 aliphatic rings. The molecule has 0 atom stereocenters. The number of hydrogen-bond donors (Lipinski definition) is 2. The van der Waals surface area contributed by atoms with E-state index >= 15 is 0 Å². The van der Waals surface area contributed by atoms with Crippen molar-refractivity contribution in [2.45, 2.75) is 6.61 Å². The molecule has 0 aliphatic carbocycles. The van der Waals surface area contributed by atoms with E-state index in [1.54, 1.807) is 6.07 Å². The monoisotopic (exact) mass is 278 g/mol. The molecule has 20 heavy (non-hydrogen) atoms. The smallest absolute Gasteiger partial charge is 0.310 e. The number of amides is 1. The number of benzene rings is 1. The largest absolute Gasteiger partial charge is 0.479 e. The molecule has 9 nitrogen and oxygen atoms in total. The van der Waals surface area contributed by atoms with Crippen LogP contribution in [0.4, 0.5) is 5.69 Å². The lowest BCUT2D eigenvalue weighted by molar-refractivity contribution is -0.386. The predicted octanol–water partition coefficient (Wildman–Crippen LogP) is 0.765. The SMILES string of the molecule is NNC(=O)c1cc(COc2ccccc2[N+](=O)[O-])on1. The predicted molar refractivity (Wildman–Crippen MR) is 65.6 cm³/mol. The molecule has 2 rings (SSSR count). The second-order valence-corrected chi connectivity index (χ2v) is 3.67. The molecular weight excluding hydrogens is 268 g/mol. The molecule has 1 aromatic heterocycles. The van der Waals surface area contributed by atoms with Crippen LogP contribution < -0.4 is 16.0 Å². The van der Waals surface area contributed by atoms with E-state index in [9.17, 15) is 14.9 Å². The molecular formula is C11H10N4O5. The molecule has 0 fully saturated rings. The molecule has 0 saturated heterocycles. The summed E-state index contributed by atoms with van der Waals surface area (Å²) in [5.41, 5.74) is 1.73. The molecule has 0 unspecified atom stereocenters. The maximum Gasteiger partial charge on any atom is 0.310 e. The van der Waals surface area contributed by atoms with Gasteiger partial charge in [-0.1, -0.05) is 17.3 Å². The molecule has 1 heterocycles. The van der Waals surface area contributed by atoms with E-state index < -0.39 is 10.8 Å². The fourth-order valence-corrected chi connectivity index (χ4v) is 1.44. The number of nitrogens with one attached hydrogen (secondary N) is 1. The van der Waals surface area contributed by atoms with Gasteiger partial charge in [-0.25, -0.2) is 5.84 Å². The van der Waals surface area contributed by atoms with Crippen molar-refractivity contribution in [1.82, 2.24) is 10.6 Å². The Morgan fingerprint density at radius 2 is 2.25 bits per heavy atom. The molecule has 9 heteroatoms. The number of nitrogens with two attached hydrogens (primary N) is 1. The molecule has 104 valence electrons. The number of para-hydroxylation sites is 2. The van der Waals surface area contributed by atoms with Gasteiger partial charge in [0.05, 0.1) is 4.92 Å². The van der Waals surface area contributed by atoms with Gasteiger partial charge in [-0.15, -0.1) is 0 Å². The Morgan fingerprint density at radius 1 is 1.50 bits per heavy atom.